The standard InChI is InChI=1S/C15H13NO/c1-2-4-14-9-15(6-5-13(14)3-1)16-10-12-7-8-17-11-12/h1-9,11,16H,10H2. The van der Waals surface area contributed by atoms with Gasteiger partial charge in [0, 0.05) is 17.8 Å². The number of nitrogens with one attached hydrogen (secondary N) is 1. The number of hydrogen-bond acceptors (Lipinski definition) is 2. The van der Waals surface area contributed by atoms with Crippen LogP contribution in [-0.4, -0.2) is 0 Å². The quantitative estimate of drug-likeness (QED) is 0.724. The number of anilines is 1. The molecular formula is C15H13NO. The Morgan fingerprint density at radius 3 is 2.65 bits per heavy atom. The van der Waals surface area contributed by atoms with Crippen LogP contribution in [0, 0.1) is 0 Å². The minimum atomic E-state index is 0.787. The summed E-state index contributed by atoms with van der Waals surface area (Å²) in [6, 6.07) is 16.7. The van der Waals surface area contributed by atoms with Crippen molar-refractivity contribution in [1.82, 2.24) is 0 Å². The molecule has 0 bridgehead atoms. The van der Waals surface area contributed by atoms with E-state index in [0.29, 0.717) is 0 Å². The second kappa shape index (κ2) is 4.34. The molecule has 0 aliphatic rings. The van der Waals surface area contributed by atoms with E-state index in [9.17, 15) is 0 Å². The van der Waals surface area contributed by atoms with Gasteiger partial charge in [0.05, 0.1) is 12.5 Å². The van der Waals surface area contributed by atoms with Crippen LogP contribution in [0.2, 0.25) is 0 Å². The van der Waals surface area contributed by atoms with E-state index < -0.39 is 0 Å². The van der Waals surface area contributed by atoms with Gasteiger partial charge in [-0.05, 0) is 29.0 Å². The first-order chi connectivity index (χ1) is 8.42. The Kier molecular flexibility index (Phi) is 2.54. The lowest BCUT2D eigenvalue weighted by Gasteiger charge is -2.06. The second-order valence-electron chi connectivity index (χ2n) is 4.05. The fraction of sp³-hybridized carbons (Fsp3) is 0.0667. The molecule has 0 saturated heterocycles. The van der Waals surface area contributed by atoms with Gasteiger partial charge in [-0.2, -0.15) is 0 Å². The van der Waals surface area contributed by atoms with Gasteiger partial charge < -0.3 is 9.73 Å². The molecule has 0 unspecified atom stereocenters. The van der Waals surface area contributed by atoms with Gasteiger partial charge in [0.1, 0.15) is 0 Å². The van der Waals surface area contributed by atoms with E-state index in [0.717, 1.165) is 17.8 Å². The first kappa shape index (κ1) is 9.97. The van der Waals surface area contributed by atoms with Crippen LogP contribution in [0.4, 0.5) is 5.69 Å². The molecule has 1 N–H and O–H groups in total. The first-order valence-corrected chi connectivity index (χ1v) is 5.65. The molecule has 84 valence electrons. The van der Waals surface area contributed by atoms with Crippen LogP contribution in [0.15, 0.2) is 65.5 Å². The highest BCUT2D eigenvalue weighted by Crippen LogP contribution is 2.19. The fourth-order valence-corrected chi connectivity index (χ4v) is 1.90. The molecule has 17 heavy (non-hydrogen) atoms. The van der Waals surface area contributed by atoms with Crippen molar-refractivity contribution in [2.24, 2.45) is 0 Å². The molecule has 0 atom stereocenters. The molecule has 1 aromatic heterocycles. The van der Waals surface area contributed by atoms with E-state index in [-0.39, 0.29) is 0 Å². The van der Waals surface area contributed by atoms with Crippen LogP contribution in [0.1, 0.15) is 5.56 Å². The Morgan fingerprint density at radius 1 is 0.941 bits per heavy atom. The van der Waals surface area contributed by atoms with Crippen LogP contribution >= 0.6 is 0 Å². The molecule has 0 radical (unpaired) electrons. The molecule has 3 rings (SSSR count). The number of fused-ring (bicyclic) bond motifs is 1. The molecule has 2 heteroatoms. The normalized spacial score (nSPS) is 10.6. The fourth-order valence-electron chi connectivity index (χ4n) is 1.90. The third kappa shape index (κ3) is 2.16. The summed E-state index contributed by atoms with van der Waals surface area (Å²) in [4.78, 5) is 0. The molecule has 0 aliphatic carbocycles. The summed E-state index contributed by atoms with van der Waals surface area (Å²) in [6.45, 7) is 0.787. The predicted octanol–water partition coefficient (Wildman–Crippen LogP) is 4.04. The molecule has 0 fully saturated rings. The minimum absolute atomic E-state index is 0.787. The van der Waals surface area contributed by atoms with E-state index in [1.54, 1.807) is 12.5 Å². The van der Waals surface area contributed by atoms with E-state index in [2.05, 4.69) is 47.8 Å². The van der Waals surface area contributed by atoms with E-state index in [4.69, 9.17) is 4.42 Å². The van der Waals surface area contributed by atoms with Gasteiger partial charge in [0.15, 0.2) is 0 Å². The van der Waals surface area contributed by atoms with Crippen molar-refractivity contribution in [2.45, 2.75) is 6.54 Å². The Labute approximate surface area is 99.9 Å². The topological polar surface area (TPSA) is 25.2 Å². The Bertz CT molecular complexity index is 614. The zero-order valence-corrected chi connectivity index (χ0v) is 9.39. The molecule has 2 nitrogen and oxygen atoms in total. The maximum atomic E-state index is 5.03. The zero-order valence-electron chi connectivity index (χ0n) is 9.39. The van der Waals surface area contributed by atoms with Gasteiger partial charge in [-0.3, -0.25) is 0 Å². The van der Waals surface area contributed by atoms with Crippen LogP contribution in [-0.2, 0) is 6.54 Å². The van der Waals surface area contributed by atoms with Gasteiger partial charge in [0.25, 0.3) is 0 Å². The third-order valence-corrected chi connectivity index (χ3v) is 2.83. The lowest BCUT2D eigenvalue weighted by atomic mass is 10.1. The second-order valence-corrected chi connectivity index (χ2v) is 4.05. The lowest BCUT2D eigenvalue weighted by Crippen LogP contribution is -1.97. The smallest absolute Gasteiger partial charge is 0.0952 e. The van der Waals surface area contributed by atoms with E-state index >= 15 is 0 Å². The third-order valence-electron chi connectivity index (χ3n) is 2.83. The molecule has 0 spiro atoms. The molecular weight excluding hydrogens is 210 g/mol. The maximum Gasteiger partial charge on any atom is 0.0952 e. The summed E-state index contributed by atoms with van der Waals surface area (Å²) < 4.78 is 5.03. The molecule has 2 aromatic carbocycles. The first-order valence-electron chi connectivity index (χ1n) is 5.65. The zero-order chi connectivity index (χ0) is 11.5. The molecule has 0 aliphatic heterocycles. The van der Waals surface area contributed by atoms with E-state index in [1.807, 2.05) is 6.07 Å². The monoisotopic (exact) mass is 223 g/mol. The average molecular weight is 223 g/mol. The summed E-state index contributed by atoms with van der Waals surface area (Å²) in [5.41, 5.74) is 2.28. The van der Waals surface area contributed by atoms with Crippen molar-refractivity contribution in [1.29, 1.82) is 0 Å². The Balaban J connectivity index is 1.81. The molecule has 1 heterocycles. The molecule has 0 amide bonds. The van der Waals surface area contributed by atoms with Crippen LogP contribution in [0.3, 0.4) is 0 Å². The van der Waals surface area contributed by atoms with Gasteiger partial charge in [-0.1, -0.05) is 30.3 Å². The highest BCUT2D eigenvalue weighted by molar-refractivity contribution is 5.85. The SMILES string of the molecule is c1ccc2cc(NCc3ccoc3)ccc2c1. The van der Waals surface area contributed by atoms with Crippen molar-refractivity contribution in [3.05, 3.63) is 66.6 Å². The Hall–Kier alpha value is -2.22. The summed E-state index contributed by atoms with van der Waals surface area (Å²) in [6.07, 6.45) is 3.45. The van der Waals surface area contributed by atoms with Gasteiger partial charge in [-0.25, -0.2) is 0 Å². The number of furan rings is 1. The van der Waals surface area contributed by atoms with E-state index in [1.165, 1.54) is 10.8 Å². The highest BCUT2D eigenvalue weighted by atomic mass is 16.3. The predicted molar refractivity (Wildman–Crippen MR) is 70.0 cm³/mol. The van der Waals surface area contributed by atoms with Crippen molar-refractivity contribution < 1.29 is 4.42 Å². The minimum Gasteiger partial charge on any atom is -0.472 e. The van der Waals surface area contributed by atoms with Crippen LogP contribution in [0.25, 0.3) is 10.8 Å². The number of hydrogen-bond donors (Lipinski definition) is 1. The van der Waals surface area contributed by atoms with Gasteiger partial charge in [0.2, 0.25) is 0 Å². The highest BCUT2D eigenvalue weighted by Gasteiger charge is 1.97. The summed E-state index contributed by atoms with van der Waals surface area (Å²) >= 11 is 0. The number of benzene rings is 2. The number of rotatable bonds is 3. The van der Waals surface area contributed by atoms with Crippen LogP contribution in [0.5, 0.6) is 0 Å². The van der Waals surface area contributed by atoms with Gasteiger partial charge >= 0.3 is 0 Å². The summed E-state index contributed by atoms with van der Waals surface area (Å²) in [5.74, 6) is 0. The van der Waals surface area contributed by atoms with Crippen molar-refractivity contribution >= 4 is 16.5 Å². The van der Waals surface area contributed by atoms with Crippen molar-refractivity contribution in [3.63, 3.8) is 0 Å². The van der Waals surface area contributed by atoms with Gasteiger partial charge in [-0.15, -0.1) is 0 Å². The summed E-state index contributed by atoms with van der Waals surface area (Å²) in [5, 5.41) is 5.90. The van der Waals surface area contributed by atoms with Crippen molar-refractivity contribution in [2.75, 3.05) is 5.32 Å². The van der Waals surface area contributed by atoms with Crippen molar-refractivity contribution in [3.8, 4) is 0 Å². The lowest BCUT2D eigenvalue weighted by molar-refractivity contribution is 0.564. The summed E-state index contributed by atoms with van der Waals surface area (Å²) in [7, 11) is 0. The molecule has 3 aromatic rings. The largest absolute Gasteiger partial charge is 0.472 e. The average Bonchev–Trinajstić information content (AvgIpc) is 2.89. The Morgan fingerprint density at radius 2 is 1.82 bits per heavy atom. The maximum absolute atomic E-state index is 5.03. The molecule has 0 saturated carbocycles. The van der Waals surface area contributed by atoms with Crippen LogP contribution < -0.4 is 5.32 Å².